The van der Waals surface area contributed by atoms with Gasteiger partial charge in [-0.05, 0) is 37.6 Å². The molecule has 6 heteroatoms. The fourth-order valence-electron chi connectivity index (χ4n) is 2.74. The maximum absolute atomic E-state index is 12.5. The Morgan fingerprint density at radius 3 is 2.54 bits per heavy atom. The van der Waals surface area contributed by atoms with Gasteiger partial charge in [-0.15, -0.1) is 23.5 Å². The lowest BCUT2D eigenvalue weighted by Gasteiger charge is -2.16. The van der Waals surface area contributed by atoms with Crippen molar-refractivity contribution in [2.45, 2.75) is 16.7 Å². The first kappa shape index (κ1) is 18.6. The van der Waals surface area contributed by atoms with Crippen LogP contribution < -0.4 is 5.32 Å². The Labute approximate surface area is 161 Å². The third-order valence-corrected chi connectivity index (χ3v) is 5.51. The van der Waals surface area contributed by atoms with Gasteiger partial charge < -0.3 is 10.1 Å². The first-order chi connectivity index (χ1) is 12.7. The molecular weight excluding hydrogens is 364 g/mol. The fraction of sp³-hybridized carbons (Fsp3) is 0.200. The number of carbonyl (C=O) groups excluding carboxylic acids is 1. The second-order valence-corrected chi connectivity index (χ2v) is 7.15. The number of rotatable bonds is 6. The van der Waals surface area contributed by atoms with E-state index in [1.165, 1.54) is 0 Å². The molecule has 0 aliphatic heterocycles. The molecule has 0 radical (unpaired) electrons. The van der Waals surface area contributed by atoms with Crippen molar-refractivity contribution in [3.05, 3.63) is 54.2 Å². The summed E-state index contributed by atoms with van der Waals surface area (Å²) >= 11 is 3.29. The number of hydrogen-bond acceptors (Lipinski definition) is 6. The molecule has 1 N–H and O–H groups in total. The summed E-state index contributed by atoms with van der Waals surface area (Å²) in [5, 5.41) is 4.36. The molecule has 1 heterocycles. The molecule has 3 rings (SSSR count). The predicted molar refractivity (Wildman–Crippen MR) is 111 cm³/mol. The van der Waals surface area contributed by atoms with Crippen molar-refractivity contribution in [3.63, 3.8) is 0 Å². The molecule has 0 saturated heterocycles. The molecular formula is C20H20N2O2S2. The van der Waals surface area contributed by atoms with Crippen LogP contribution in [0.3, 0.4) is 0 Å². The van der Waals surface area contributed by atoms with Gasteiger partial charge in [0.1, 0.15) is 5.56 Å². The number of nitrogens with zero attached hydrogens (tertiary/aromatic N) is 1. The molecule has 0 atom stereocenters. The van der Waals surface area contributed by atoms with Crippen LogP contribution in [0.1, 0.15) is 17.3 Å². The topological polar surface area (TPSA) is 51.2 Å². The molecule has 134 valence electrons. The van der Waals surface area contributed by atoms with E-state index in [1.807, 2.05) is 55.0 Å². The summed E-state index contributed by atoms with van der Waals surface area (Å²) in [7, 11) is 0. The summed E-state index contributed by atoms with van der Waals surface area (Å²) < 4.78 is 5.24. The lowest BCUT2D eigenvalue weighted by Crippen LogP contribution is -2.09. The standard InChI is InChI=1S/C20H20N2O2S2/c1-4-24-20(23)14-12-21-19-13(8-7-11-17(19)26-3)18(14)22-15-9-5-6-10-16(15)25-2/h5-12H,4H2,1-3H3,(H,21,22). The number of para-hydroxylation sites is 2. The number of nitrogens with one attached hydrogen (secondary N) is 1. The third kappa shape index (κ3) is 3.66. The summed E-state index contributed by atoms with van der Waals surface area (Å²) in [6.07, 6.45) is 5.65. The SMILES string of the molecule is CCOC(=O)c1cnc2c(SC)cccc2c1Nc1ccccc1SC. The van der Waals surface area contributed by atoms with Gasteiger partial charge in [-0.25, -0.2) is 4.79 Å². The number of anilines is 2. The first-order valence-corrected chi connectivity index (χ1v) is 10.7. The second-order valence-electron chi connectivity index (χ2n) is 5.45. The molecule has 0 amide bonds. The van der Waals surface area contributed by atoms with Gasteiger partial charge in [0.25, 0.3) is 0 Å². The second kappa shape index (κ2) is 8.47. The van der Waals surface area contributed by atoms with Crippen molar-refractivity contribution in [3.8, 4) is 0 Å². The van der Waals surface area contributed by atoms with Crippen molar-refractivity contribution >= 4 is 51.8 Å². The van der Waals surface area contributed by atoms with Gasteiger partial charge in [0, 0.05) is 21.4 Å². The maximum atomic E-state index is 12.5. The van der Waals surface area contributed by atoms with Gasteiger partial charge >= 0.3 is 5.97 Å². The Bertz CT molecular complexity index is 944. The molecule has 0 aliphatic rings. The Morgan fingerprint density at radius 1 is 1.08 bits per heavy atom. The van der Waals surface area contributed by atoms with Crippen LogP contribution in [0.25, 0.3) is 10.9 Å². The quantitative estimate of drug-likeness (QED) is 0.441. The van der Waals surface area contributed by atoms with Crippen molar-refractivity contribution < 1.29 is 9.53 Å². The molecule has 0 saturated carbocycles. The Kier molecular flexibility index (Phi) is 6.06. The molecule has 0 spiro atoms. The van der Waals surface area contributed by atoms with Crippen LogP contribution in [0.4, 0.5) is 11.4 Å². The molecule has 26 heavy (non-hydrogen) atoms. The summed E-state index contributed by atoms with van der Waals surface area (Å²) in [5.41, 5.74) is 2.99. The van der Waals surface area contributed by atoms with Crippen LogP contribution >= 0.6 is 23.5 Å². The van der Waals surface area contributed by atoms with Gasteiger partial charge in [-0.3, -0.25) is 4.98 Å². The zero-order valence-corrected chi connectivity index (χ0v) is 16.5. The summed E-state index contributed by atoms with van der Waals surface area (Å²) in [4.78, 5) is 19.2. The summed E-state index contributed by atoms with van der Waals surface area (Å²) in [5.74, 6) is -0.374. The maximum Gasteiger partial charge on any atom is 0.341 e. The van der Waals surface area contributed by atoms with E-state index in [9.17, 15) is 4.79 Å². The fourth-order valence-corrected chi connectivity index (χ4v) is 3.87. The number of hydrogen-bond donors (Lipinski definition) is 1. The summed E-state index contributed by atoms with van der Waals surface area (Å²) in [6, 6.07) is 14.0. The number of ether oxygens (including phenoxy) is 1. The average Bonchev–Trinajstić information content (AvgIpc) is 2.68. The Balaban J connectivity index is 2.21. The van der Waals surface area contributed by atoms with E-state index in [4.69, 9.17) is 4.74 Å². The van der Waals surface area contributed by atoms with Crippen LogP contribution in [0.2, 0.25) is 0 Å². The number of esters is 1. The first-order valence-electron chi connectivity index (χ1n) is 8.22. The lowest BCUT2D eigenvalue weighted by atomic mass is 10.1. The Morgan fingerprint density at radius 2 is 1.81 bits per heavy atom. The van der Waals surface area contributed by atoms with Crippen LogP contribution in [-0.2, 0) is 4.74 Å². The number of pyridine rings is 1. The van der Waals surface area contributed by atoms with E-state index in [0.717, 1.165) is 32.1 Å². The highest BCUT2D eigenvalue weighted by Gasteiger charge is 2.18. The smallest absolute Gasteiger partial charge is 0.341 e. The van der Waals surface area contributed by atoms with E-state index in [-0.39, 0.29) is 5.97 Å². The molecule has 0 unspecified atom stereocenters. The highest BCUT2D eigenvalue weighted by atomic mass is 32.2. The van der Waals surface area contributed by atoms with Crippen LogP contribution in [0.15, 0.2) is 58.5 Å². The van der Waals surface area contributed by atoms with Gasteiger partial charge in [-0.1, -0.05) is 24.3 Å². The average molecular weight is 385 g/mol. The zero-order valence-electron chi connectivity index (χ0n) is 14.9. The molecule has 4 nitrogen and oxygen atoms in total. The van der Waals surface area contributed by atoms with Gasteiger partial charge in [0.15, 0.2) is 0 Å². The lowest BCUT2D eigenvalue weighted by molar-refractivity contribution is 0.0527. The number of fused-ring (bicyclic) bond motifs is 1. The van der Waals surface area contributed by atoms with Gasteiger partial charge in [-0.2, -0.15) is 0 Å². The molecule has 2 aromatic carbocycles. The largest absolute Gasteiger partial charge is 0.462 e. The highest BCUT2D eigenvalue weighted by molar-refractivity contribution is 7.99. The van der Waals surface area contributed by atoms with Crippen molar-refractivity contribution in [2.75, 3.05) is 24.4 Å². The van der Waals surface area contributed by atoms with Crippen molar-refractivity contribution in [2.24, 2.45) is 0 Å². The summed E-state index contributed by atoms with van der Waals surface area (Å²) in [6.45, 7) is 2.12. The van der Waals surface area contributed by atoms with Crippen molar-refractivity contribution in [1.29, 1.82) is 0 Å². The molecule has 0 aliphatic carbocycles. The van der Waals surface area contributed by atoms with Gasteiger partial charge in [0.05, 0.1) is 23.5 Å². The predicted octanol–water partition coefficient (Wildman–Crippen LogP) is 5.60. The number of aromatic nitrogens is 1. The normalized spacial score (nSPS) is 10.7. The van der Waals surface area contributed by atoms with E-state index in [0.29, 0.717) is 12.2 Å². The van der Waals surface area contributed by atoms with Crippen LogP contribution in [0.5, 0.6) is 0 Å². The third-order valence-electron chi connectivity index (χ3n) is 3.94. The van der Waals surface area contributed by atoms with E-state index < -0.39 is 0 Å². The Hall–Kier alpha value is -2.18. The molecule has 0 bridgehead atoms. The minimum Gasteiger partial charge on any atom is -0.462 e. The molecule has 1 aromatic heterocycles. The minimum atomic E-state index is -0.374. The highest BCUT2D eigenvalue weighted by Crippen LogP contribution is 2.36. The van der Waals surface area contributed by atoms with E-state index in [1.54, 1.807) is 36.6 Å². The number of carbonyl (C=O) groups is 1. The molecule has 3 aromatic rings. The number of thioether (sulfide) groups is 2. The van der Waals surface area contributed by atoms with E-state index in [2.05, 4.69) is 10.3 Å². The molecule has 0 fully saturated rings. The van der Waals surface area contributed by atoms with Crippen LogP contribution in [0, 0.1) is 0 Å². The van der Waals surface area contributed by atoms with Crippen LogP contribution in [-0.4, -0.2) is 30.1 Å². The van der Waals surface area contributed by atoms with Gasteiger partial charge in [0.2, 0.25) is 0 Å². The van der Waals surface area contributed by atoms with E-state index >= 15 is 0 Å². The minimum absolute atomic E-state index is 0.322. The van der Waals surface area contributed by atoms with Crippen molar-refractivity contribution in [1.82, 2.24) is 4.98 Å². The number of benzene rings is 2. The monoisotopic (exact) mass is 384 g/mol. The zero-order chi connectivity index (χ0) is 18.5.